The van der Waals surface area contributed by atoms with Gasteiger partial charge in [0.2, 0.25) is 5.91 Å². The van der Waals surface area contributed by atoms with Gasteiger partial charge in [0.15, 0.2) is 5.96 Å². The summed E-state index contributed by atoms with van der Waals surface area (Å²) in [6.07, 6.45) is 0.708. The lowest BCUT2D eigenvalue weighted by atomic mass is 10.2. The molecule has 26 heavy (non-hydrogen) atoms. The van der Waals surface area contributed by atoms with Gasteiger partial charge in [0.05, 0.1) is 18.7 Å². The van der Waals surface area contributed by atoms with E-state index in [4.69, 9.17) is 15.2 Å². The molecule has 0 aromatic rings. The fraction of sp³-hybridized carbons (Fsp3) is 0.824. The molecule has 9 nitrogen and oxygen atoms in total. The Morgan fingerprint density at radius 1 is 1.35 bits per heavy atom. The number of nitrogens with zero attached hydrogens (tertiary/aromatic N) is 3. The Labute approximate surface area is 153 Å². The summed E-state index contributed by atoms with van der Waals surface area (Å²) in [7, 11) is 0. The average Bonchev–Trinajstić information content (AvgIpc) is 3.17. The molecule has 0 bridgehead atoms. The predicted octanol–water partition coefficient (Wildman–Crippen LogP) is -0.100. The number of hydrogen-bond donors (Lipinski definition) is 2. The molecule has 0 aromatic carbocycles. The number of ether oxygens (including phenoxy) is 2. The SMILES string of the molecule is CC(C)(C)OC(=O)N1CCN2C(NCC3CCC(C(N)=O)O3)=NCC2C1. The summed E-state index contributed by atoms with van der Waals surface area (Å²) < 4.78 is 11.1. The fourth-order valence-electron chi connectivity index (χ4n) is 3.49. The minimum atomic E-state index is -0.489. The molecule has 3 unspecified atom stereocenters. The number of carbonyl (C=O) groups excluding carboxylic acids is 2. The third-order valence-electron chi connectivity index (χ3n) is 4.77. The zero-order chi connectivity index (χ0) is 18.9. The highest BCUT2D eigenvalue weighted by Gasteiger charge is 2.37. The van der Waals surface area contributed by atoms with Crippen LogP contribution in [0.25, 0.3) is 0 Å². The summed E-state index contributed by atoms with van der Waals surface area (Å²) >= 11 is 0. The molecule has 3 aliphatic heterocycles. The van der Waals surface area contributed by atoms with Gasteiger partial charge in [0.25, 0.3) is 0 Å². The first-order valence-corrected chi connectivity index (χ1v) is 9.20. The maximum Gasteiger partial charge on any atom is 0.410 e. The van der Waals surface area contributed by atoms with Crippen LogP contribution in [0.1, 0.15) is 33.6 Å². The second kappa shape index (κ2) is 7.30. The summed E-state index contributed by atoms with van der Waals surface area (Å²) in [5, 5.41) is 3.33. The predicted molar refractivity (Wildman–Crippen MR) is 95.7 cm³/mol. The molecule has 0 radical (unpaired) electrons. The van der Waals surface area contributed by atoms with Gasteiger partial charge in [-0.1, -0.05) is 0 Å². The average molecular weight is 367 g/mol. The number of nitrogens with two attached hydrogens (primary N) is 1. The summed E-state index contributed by atoms with van der Waals surface area (Å²) in [5.41, 5.74) is 4.79. The minimum Gasteiger partial charge on any atom is -0.444 e. The van der Waals surface area contributed by atoms with Crippen molar-refractivity contribution in [2.24, 2.45) is 10.7 Å². The van der Waals surface area contributed by atoms with Gasteiger partial charge >= 0.3 is 6.09 Å². The molecule has 3 aliphatic rings. The zero-order valence-electron chi connectivity index (χ0n) is 15.7. The molecule has 2 amide bonds. The Hall–Kier alpha value is -2.03. The van der Waals surface area contributed by atoms with Crippen molar-refractivity contribution in [2.75, 3.05) is 32.7 Å². The van der Waals surface area contributed by atoms with Crippen LogP contribution >= 0.6 is 0 Å². The third kappa shape index (κ3) is 4.38. The van der Waals surface area contributed by atoms with Crippen LogP contribution in [0, 0.1) is 0 Å². The van der Waals surface area contributed by atoms with Crippen LogP contribution in [-0.4, -0.2) is 84.3 Å². The van der Waals surface area contributed by atoms with E-state index in [2.05, 4.69) is 15.2 Å². The number of guanidine groups is 1. The molecule has 0 aromatic heterocycles. The maximum atomic E-state index is 12.2. The van der Waals surface area contributed by atoms with Crippen molar-refractivity contribution in [1.82, 2.24) is 15.1 Å². The summed E-state index contributed by atoms with van der Waals surface area (Å²) in [4.78, 5) is 31.9. The van der Waals surface area contributed by atoms with E-state index in [1.54, 1.807) is 4.90 Å². The van der Waals surface area contributed by atoms with Gasteiger partial charge in [0.1, 0.15) is 11.7 Å². The minimum absolute atomic E-state index is 0.0303. The zero-order valence-corrected chi connectivity index (χ0v) is 15.7. The van der Waals surface area contributed by atoms with E-state index in [0.29, 0.717) is 39.1 Å². The quantitative estimate of drug-likeness (QED) is 0.721. The van der Waals surface area contributed by atoms with Gasteiger partial charge in [-0.3, -0.25) is 9.79 Å². The van der Waals surface area contributed by atoms with Crippen LogP contribution in [0.15, 0.2) is 4.99 Å². The van der Waals surface area contributed by atoms with Crippen molar-refractivity contribution >= 4 is 18.0 Å². The van der Waals surface area contributed by atoms with E-state index in [-0.39, 0.29) is 18.2 Å². The Morgan fingerprint density at radius 2 is 2.12 bits per heavy atom. The largest absolute Gasteiger partial charge is 0.444 e. The van der Waals surface area contributed by atoms with Crippen LogP contribution in [0.3, 0.4) is 0 Å². The molecular weight excluding hydrogens is 338 g/mol. The first-order chi connectivity index (χ1) is 12.2. The normalized spacial score (nSPS) is 28.6. The summed E-state index contributed by atoms with van der Waals surface area (Å²) in [5.74, 6) is 0.439. The van der Waals surface area contributed by atoms with Gasteiger partial charge in [-0.25, -0.2) is 4.79 Å². The number of rotatable bonds is 3. The van der Waals surface area contributed by atoms with Gasteiger partial charge in [-0.05, 0) is 33.6 Å². The third-order valence-corrected chi connectivity index (χ3v) is 4.77. The Balaban J connectivity index is 1.45. The molecule has 3 N–H and O–H groups in total. The van der Waals surface area contributed by atoms with Crippen molar-refractivity contribution in [2.45, 2.75) is 57.5 Å². The lowest BCUT2D eigenvalue weighted by molar-refractivity contribution is -0.128. The van der Waals surface area contributed by atoms with E-state index in [1.807, 2.05) is 20.8 Å². The highest BCUT2D eigenvalue weighted by molar-refractivity contribution is 5.82. The van der Waals surface area contributed by atoms with Gasteiger partial charge < -0.3 is 30.3 Å². The van der Waals surface area contributed by atoms with Crippen molar-refractivity contribution in [3.8, 4) is 0 Å². The summed E-state index contributed by atoms with van der Waals surface area (Å²) in [6, 6.07) is 0.168. The molecule has 3 rings (SSSR count). The fourth-order valence-corrected chi connectivity index (χ4v) is 3.49. The molecule has 3 heterocycles. The van der Waals surface area contributed by atoms with E-state index in [9.17, 15) is 9.59 Å². The smallest absolute Gasteiger partial charge is 0.410 e. The molecule has 3 atom stereocenters. The highest BCUT2D eigenvalue weighted by atomic mass is 16.6. The van der Waals surface area contributed by atoms with Crippen LogP contribution in [0.2, 0.25) is 0 Å². The van der Waals surface area contributed by atoms with E-state index < -0.39 is 17.6 Å². The van der Waals surface area contributed by atoms with E-state index in [0.717, 1.165) is 12.4 Å². The molecule has 2 fully saturated rings. The van der Waals surface area contributed by atoms with Gasteiger partial charge in [-0.2, -0.15) is 0 Å². The lowest BCUT2D eigenvalue weighted by Gasteiger charge is -2.39. The number of piperazine rings is 1. The van der Waals surface area contributed by atoms with Crippen molar-refractivity contribution < 1.29 is 19.1 Å². The number of primary amides is 1. The highest BCUT2D eigenvalue weighted by Crippen LogP contribution is 2.21. The van der Waals surface area contributed by atoms with E-state index >= 15 is 0 Å². The number of nitrogens with one attached hydrogen (secondary N) is 1. The molecule has 9 heteroatoms. The van der Waals surface area contributed by atoms with Crippen molar-refractivity contribution in [3.05, 3.63) is 0 Å². The van der Waals surface area contributed by atoms with Crippen LogP contribution < -0.4 is 11.1 Å². The van der Waals surface area contributed by atoms with Gasteiger partial charge in [-0.15, -0.1) is 0 Å². The number of aliphatic imine (C=N–C) groups is 1. The lowest BCUT2D eigenvalue weighted by Crippen LogP contribution is -2.58. The van der Waals surface area contributed by atoms with E-state index in [1.165, 1.54) is 0 Å². The number of hydrogen-bond acceptors (Lipinski definition) is 7. The molecular formula is C17H29N5O4. The second-order valence-corrected chi connectivity index (χ2v) is 8.05. The van der Waals surface area contributed by atoms with Crippen molar-refractivity contribution in [1.29, 1.82) is 0 Å². The topological polar surface area (TPSA) is 109 Å². The molecule has 0 spiro atoms. The van der Waals surface area contributed by atoms with Crippen LogP contribution in [-0.2, 0) is 14.3 Å². The monoisotopic (exact) mass is 367 g/mol. The maximum absolute atomic E-state index is 12.2. The Morgan fingerprint density at radius 3 is 2.77 bits per heavy atom. The standard InChI is InChI=1S/C17H29N5O4/c1-17(2,3)26-16(24)21-6-7-22-11(10-21)8-19-15(22)20-9-12-4-5-13(25-12)14(18)23/h11-13H,4-10H2,1-3H3,(H2,18,23)(H,19,20). The molecule has 0 saturated carbocycles. The molecule has 146 valence electrons. The van der Waals surface area contributed by atoms with Crippen molar-refractivity contribution in [3.63, 3.8) is 0 Å². The van der Waals surface area contributed by atoms with Crippen LogP contribution in [0.4, 0.5) is 4.79 Å². The second-order valence-electron chi connectivity index (χ2n) is 8.05. The summed E-state index contributed by atoms with van der Waals surface area (Å²) in [6.45, 7) is 8.79. The van der Waals surface area contributed by atoms with Crippen LogP contribution in [0.5, 0.6) is 0 Å². The molecule has 2 saturated heterocycles. The Kier molecular flexibility index (Phi) is 5.27. The number of carbonyl (C=O) groups is 2. The first-order valence-electron chi connectivity index (χ1n) is 9.20. The Bertz CT molecular complexity index is 588. The molecule has 0 aliphatic carbocycles. The van der Waals surface area contributed by atoms with Gasteiger partial charge in [0, 0.05) is 26.2 Å². The number of amides is 2. The first kappa shape index (κ1) is 18.8. The number of fused-ring (bicyclic) bond motifs is 1.